The zero-order valence-electron chi connectivity index (χ0n) is 13.6. The van der Waals surface area contributed by atoms with Crippen molar-refractivity contribution >= 4 is 28.3 Å². The lowest BCUT2D eigenvalue weighted by molar-refractivity contribution is -0.116. The smallest absolute Gasteiger partial charge is 0.254 e. The highest BCUT2D eigenvalue weighted by molar-refractivity contribution is 7.14. The molecule has 0 spiro atoms. The van der Waals surface area contributed by atoms with Gasteiger partial charge in [-0.05, 0) is 13.0 Å². The second kappa shape index (κ2) is 7.76. The van der Waals surface area contributed by atoms with E-state index in [1.54, 1.807) is 6.07 Å². The molecule has 1 aromatic carbocycles. The molecular formula is C18H17N3O3S. The first kappa shape index (κ1) is 16.9. The van der Waals surface area contributed by atoms with Crippen molar-refractivity contribution in [2.75, 3.05) is 11.9 Å². The molecule has 0 fully saturated rings. The Labute approximate surface area is 148 Å². The van der Waals surface area contributed by atoms with Crippen LogP contribution in [-0.4, -0.2) is 23.3 Å². The molecule has 0 saturated heterocycles. The fourth-order valence-electron chi connectivity index (χ4n) is 2.16. The number of carbonyl (C=O) groups is 2. The van der Waals surface area contributed by atoms with Gasteiger partial charge in [0.05, 0.1) is 17.5 Å². The van der Waals surface area contributed by atoms with Crippen LogP contribution in [0.1, 0.15) is 22.3 Å². The Morgan fingerprint density at radius 2 is 2.00 bits per heavy atom. The molecular weight excluding hydrogens is 338 g/mol. The Bertz CT molecular complexity index is 854. The molecule has 2 amide bonds. The minimum Gasteiger partial charge on any atom is -0.472 e. The van der Waals surface area contributed by atoms with Gasteiger partial charge in [0.25, 0.3) is 5.91 Å². The number of hydrogen-bond acceptors (Lipinski definition) is 5. The minimum absolute atomic E-state index is 0.170. The van der Waals surface area contributed by atoms with Crippen LogP contribution in [-0.2, 0) is 4.79 Å². The van der Waals surface area contributed by atoms with Gasteiger partial charge in [0.2, 0.25) is 5.91 Å². The maximum Gasteiger partial charge on any atom is 0.254 e. The van der Waals surface area contributed by atoms with Gasteiger partial charge in [0, 0.05) is 23.9 Å². The average Bonchev–Trinajstić information content (AvgIpc) is 3.27. The summed E-state index contributed by atoms with van der Waals surface area (Å²) in [4.78, 5) is 28.1. The number of aryl methyl sites for hydroxylation is 1. The van der Waals surface area contributed by atoms with Crippen molar-refractivity contribution in [2.45, 2.75) is 13.3 Å². The molecule has 0 radical (unpaired) electrons. The molecule has 0 saturated carbocycles. The highest BCUT2D eigenvalue weighted by Crippen LogP contribution is 2.25. The predicted octanol–water partition coefficient (Wildman–Crippen LogP) is 3.47. The first-order valence-corrected chi connectivity index (χ1v) is 8.62. The number of amides is 2. The lowest BCUT2D eigenvalue weighted by Crippen LogP contribution is -2.27. The van der Waals surface area contributed by atoms with Gasteiger partial charge >= 0.3 is 0 Å². The fourth-order valence-corrected chi connectivity index (χ4v) is 2.89. The molecule has 3 rings (SSSR count). The summed E-state index contributed by atoms with van der Waals surface area (Å²) in [6.07, 6.45) is 2.95. The van der Waals surface area contributed by atoms with Crippen LogP contribution in [0.2, 0.25) is 0 Å². The molecule has 0 aliphatic heterocycles. The number of nitrogens with one attached hydrogen (secondary N) is 2. The molecule has 0 aliphatic carbocycles. The van der Waals surface area contributed by atoms with E-state index >= 15 is 0 Å². The van der Waals surface area contributed by atoms with Crippen LogP contribution in [0, 0.1) is 6.92 Å². The maximum absolute atomic E-state index is 12.0. The molecule has 25 heavy (non-hydrogen) atoms. The van der Waals surface area contributed by atoms with Gasteiger partial charge in [-0.1, -0.05) is 29.8 Å². The number of furan rings is 1. The summed E-state index contributed by atoms with van der Waals surface area (Å²) < 4.78 is 4.84. The van der Waals surface area contributed by atoms with Crippen molar-refractivity contribution < 1.29 is 14.0 Å². The van der Waals surface area contributed by atoms with E-state index < -0.39 is 0 Å². The van der Waals surface area contributed by atoms with Crippen LogP contribution in [0.3, 0.4) is 0 Å². The van der Waals surface area contributed by atoms with Crippen molar-refractivity contribution in [1.29, 1.82) is 0 Å². The summed E-state index contributed by atoms with van der Waals surface area (Å²) in [6.45, 7) is 2.27. The topological polar surface area (TPSA) is 84.2 Å². The quantitative estimate of drug-likeness (QED) is 0.709. The van der Waals surface area contributed by atoms with E-state index in [1.165, 1.54) is 29.4 Å². The SMILES string of the molecule is Cc1ccc(-c2csc(NC(=O)CCNC(=O)c3ccoc3)n2)cc1. The number of nitrogens with zero attached hydrogens (tertiary/aromatic N) is 1. The maximum atomic E-state index is 12.0. The molecule has 2 heterocycles. The Morgan fingerprint density at radius 1 is 1.20 bits per heavy atom. The standard InChI is InChI=1S/C18H17N3O3S/c1-12-2-4-13(5-3-12)15-11-25-18(20-15)21-16(22)6-8-19-17(23)14-7-9-24-10-14/h2-5,7,9-11H,6,8H2,1H3,(H,19,23)(H,20,21,22). The summed E-state index contributed by atoms with van der Waals surface area (Å²) in [6, 6.07) is 9.62. The van der Waals surface area contributed by atoms with Gasteiger partial charge in [0.15, 0.2) is 5.13 Å². The summed E-state index contributed by atoms with van der Waals surface area (Å²) >= 11 is 1.37. The predicted molar refractivity (Wildman–Crippen MR) is 96.6 cm³/mol. The molecule has 0 unspecified atom stereocenters. The largest absolute Gasteiger partial charge is 0.472 e. The third-order valence-electron chi connectivity index (χ3n) is 3.52. The highest BCUT2D eigenvalue weighted by atomic mass is 32.1. The first-order valence-electron chi connectivity index (χ1n) is 7.74. The van der Waals surface area contributed by atoms with Gasteiger partial charge in [-0.15, -0.1) is 11.3 Å². The molecule has 6 nitrogen and oxygen atoms in total. The van der Waals surface area contributed by atoms with Crippen molar-refractivity contribution in [1.82, 2.24) is 10.3 Å². The van der Waals surface area contributed by atoms with Crippen LogP contribution in [0.5, 0.6) is 0 Å². The van der Waals surface area contributed by atoms with Crippen LogP contribution in [0.15, 0.2) is 52.7 Å². The third kappa shape index (κ3) is 4.54. The van der Waals surface area contributed by atoms with Gasteiger partial charge in [-0.3, -0.25) is 9.59 Å². The number of thiazole rings is 1. The molecule has 0 bridgehead atoms. The lowest BCUT2D eigenvalue weighted by atomic mass is 10.1. The van der Waals surface area contributed by atoms with Crippen molar-refractivity contribution in [3.05, 3.63) is 59.4 Å². The molecule has 128 valence electrons. The Morgan fingerprint density at radius 3 is 2.72 bits per heavy atom. The van der Waals surface area contributed by atoms with Crippen LogP contribution >= 0.6 is 11.3 Å². The summed E-state index contributed by atoms with van der Waals surface area (Å²) in [5, 5.41) is 7.86. The zero-order valence-corrected chi connectivity index (χ0v) is 14.4. The molecule has 3 aromatic rings. The number of aromatic nitrogens is 1. The zero-order chi connectivity index (χ0) is 17.6. The minimum atomic E-state index is -0.266. The van der Waals surface area contributed by atoms with E-state index in [0.29, 0.717) is 10.7 Å². The van der Waals surface area contributed by atoms with Crippen molar-refractivity contribution in [3.63, 3.8) is 0 Å². The number of hydrogen-bond donors (Lipinski definition) is 2. The molecule has 0 atom stereocenters. The number of anilines is 1. The number of carbonyl (C=O) groups excluding carboxylic acids is 2. The van der Waals surface area contributed by atoms with E-state index in [2.05, 4.69) is 15.6 Å². The van der Waals surface area contributed by atoms with Crippen LogP contribution in [0.25, 0.3) is 11.3 Å². The second-order valence-corrected chi connectivity index (χ2v) is 6.33. The van der Waals surface area contributed by atoms with Crippen LogP contribution < -0.4 is 10.6 Å². The lowest BCUT2D eigenvalue weighted by Gasteiger charge is -2.03. The number of rotatable bonds is 6. The monoisotopic (exact) mass is 355 g/mol. The van der Waals surface area contributed by atoms with E-state index in [4.69, 9.17) is 4.42 Å². The first-order chi connectivity index (χ1) is 12.1. The molecule has 0 aliphatic rings. The Hall–Kier alpha value is -2.93. The van der Waals surface area contributed by atoms with Gasteiger partial charge in [-0.2, -0.15) is 0 Å². The Balaban J connectivity index is 1.48. The third-order valence-corrected chi connectivity index (χ3v) is 4.28. The summed E-state index contributed by atoms with van der Waals surface area (Å²) in [5.74, 6) is -0.463. The molecule has 2 aromatic heterocycles. The normalized spacial score (nSPS) is 10.4. The average molecular weight is 355 g/mol. The van der Waals surface area contributed by atoms with E-state index in [9.17, 15) is 9.59 Å². The van der Waals surface area contributed by atoms with Crippen molar-refractivity contribution in [2.24, 2.45) is 0 Å². The highest BCUT2D eigenvalue weighted by Gasteiger charge is 2.10. The summed E-state index contributed by atoms with van der Waals surface area (Å²) in [7, 11) is 0. The van der Waals surface area contributed by atoms with E-state index in [1.807, 2.05) is 36.6 Å². The van der Waals surface area contributed by atoms with E-state index in [0.717, 1.165) is 11.3 Å². The van der Waals surface area contributed by atoms with Crippen LogP contribution in [0.4, 0.5) is 5.13 Å². The Kier molecular flexibility index (Phi) is 5.25. The molecule has 2 N–H and O–H groups in total. The van der Waals surface area contributed by atoms with Gasteiger partial charge < -0.3 is 15.1 Å². The van der Waals surface area contributed by atoms with E-state index in [-0.39, 0.29) is 24.8 Å². The second-order valence-electron chi connectivity index (χ2n) is 5.47. The fraction of sp³-hybridized carbons (Fsp3) is 0.167. The summed E-state index contributed by atoms with van der Waals surface area (Å²) in [5.41, 5.74) is 3.45. The molecule has 7 heteroatoms. The van der Waals surface area contributed by atoms with Gasteiger partial charge in [0.1, 0.15) is 6.26 Å². The van der Waals surface area contributed by atoms with Crippen molar-refractivity contribution in [3.8, 4) is 11.3 Å². The van der Waals surface area contributed by atoms with Gasteiger partial charge in [-0.25, -0.2) is 4.98 Å². The number of benzene rings is 1.